The second-order valence-electron chi connectivity index (χ2n) is 18.0. The highest BCUT2D eigenvalue weighted by Gasteiger charge is 2.27. The van der Waals surface area contributed by atoms with E-state index < -0.39 is 10.0 Å². The molecule has 0 N–H and O–H groups in total. The van der Waals surface area contributed by atoms with Crippen molar-refractivity contribution >= 4 is 32.8 Å². The van der Waals surface area contributed by atoms with Gasteiger partial charge in [0.2, 0.25) is 10.0 Å². The molecule has 6 aromatic carbocycles. The summed E-state index contributed by atoms with van der Waals surface area (Å²) < 4.78 is 81.1. The van der Waals surface area contributed by atoms with E-state index in [0.717, 1.165) is 67.4 Å². The van der Waals surface area contributed by atoms with Crippen LogP contribution in [0.4, 0.5) is 5.69 Å². The van der Waals surface area contributed by atoms with E-state index in [-0.39, 0.29) is 18.0 Å². The van der Waals surface area contributed by atoms with Crippen molar-refractivity contribution in [3.05, 3.63) is 153 Å². The molecule has 0 amide bonds. The molecule has 0 spiro atoms. The molecule has 0 aromatic heterocycles. The SMILES string of the molecule is CCOCCOc1c2cccc1Cc1cc(CN(C)S(=O)(=O)c3cccc4c(N(C)C)cccc34)cc(c1OCCOCC)Cc1cccc(c1OCCOCC)Cc1cc(C=O)cc(c1OCCOCC)C2. The van der Waals surface area contributed by atoms with Gasteiger partial charge in [-0.3, -0.25) is 4.79 Å². The van der Waals surface area contributed by atoms with Gasteiger partial charge in [-0.1, -0.05) is 72.8 Å². The Morgan fingerprint density at radius 1 is 0.466 bits per heavy atom. The van der Waals surface area contributed by atoms with Crippen LogP contribution >= 0.6 is 0 Å². The number of carbonyl (C=O) groups excluding carboxylic acids is 1. The first-order valence-corrected chi connectivity index (χ1v) is 26.9. The van der Waals surface area contributed by atoms with Gasteiger partial charge in [-0.15, -0.1) is 0 Å². The van der Waals surface area contributed by atoms with Crippen molar-refractivity contribution in [1.29, 1.82) is 0 Å². The van der Waals surface area contributed by atoms with Crippen LogP contribution in [0.3, 0.4) is 0 Å². The van der Waals surface area contributed by atoms with Crippen LogP contribution < -0.4 is 23.8 Å². The fraction of sp³-hybridized carbons (Fsp3) is 0.407. The Morgan fingerprint density at radius 2 is 0.836 bits per heavy atom. The third-order valence-corrected chi connectivity index (χ3v) is 14.6. The van der Waals surface area contributed by atoms with Crippen LogP contribution in [0.1, 0.15) is 88.1 Å². The molecule has 6 aromatic rings. The summed E-state index contributed by atoms with van der Waals surface area (Å²) in [7, 11) is 1.52. The van der Waals surface area contributed by atoms with E-state index in [2.05, 4.69) is 24.3 Å². The van der Waals surface area contributed by atoms with Gasteiger partial charge in [0.05, 0.1) is 31.3 Å². The topological polar surface area (TPSA) is 132 Å². The number of aldehydes is 1. The summed E-state index contributed by atoms with van der Waals surface area (Å²) in [4.78, 5) is 15.0. The summed E-state index contributed by atoms with van der Waals surface area (Å²) in [5, 5.41) is 1.50. The molecular formula is C59H72N2O11S. The van der Waals surface area contributed by atoms with Gasteiger partial charge in [0.25, 0.3) is 0 Å². The van der Waals surface area contributed by atoms with Crippen molar-refractivity contribution in [2.45, 2.75) is 64.8 Å². The van der Waals surface area contributed by atoms with Gasteiger partial charge in [-0.25, -0.2) is 8.42 Å². The number of ether oxygens (including phenoxy) is 8. The average molecular weight is 1020 g/mol. The zero-order chi connectivity index (χ0) is 51.7. The summed E-state index contributed by atoms with van der Waals surface area (Å²) in [5.41, 5.74) is 9.11. The first kappa shape index (κ1) is 54.8. The van der Waals surface area contributed by atoms with Gasteiger partial charge in [-0.05, 0) is 102 Å². The van der Waals surface area contributed by atoms with Crippen LogP contribution in [0.2, 0.25) is 0 Å². The van der Waals surface area contributed by atoms with Gasteiger partial charge < -0.3 is 42.8 Å². The number of nitrogens with zero attached hydrogens (tertiary/aromatic N) is 2. The smallest absolute Gasteiger partial charge is 0.243 e. The summed E-state index contributed by atoms with van der Waals surface area (Å²) in [6.45, 7) is 12.8. The lowest BCUT2D eigenvalue weighted by Gasteiger charge is -2.24. The molecule has 14 heteroatoms. The molecule has 1 aliphatic carbocycles. The number of fused-ring (bicyclic) bond motifs is 9. The molecule has 1 aliphatic rings. The molecule has 0 radical (unpaired) electrons. The molecule has 13 nitrogen and oxygen atoms in total. The van der Waals surface area contributed by atoms with E-state index in [0.29, 0.717) is 132 Å². The lowest BCUT2D eigenvalue weighted by molar-refractivity contribution is 0.108. The van der Waals surface area contributed by atoms with Crippen molar-refractivity contribution in [3.8, 4) is 23.0 Å². The zero-order valence-electron chi connectivity index (χ0n) is 43.6. The number of benzene rings is 6. The van der Waals surface area contributed by atoms with Crippen molar-refractivity contribution in [2.24, 2.45) is 0 Å². The number of hydrogen-bond acceptors (Lipinski definition) is 12. The quantitative estimate of drug-likeness (QED) is 0.0378. The Hall–Kier alpha value is -6.00. The first-order valence-electron chi connectivity index (χ1n) is 25.5. The molecule has 0 aliphatic heterocycles. The third kappa shape index (κ3) is 13.8. The number of hydrogen-bond donors (Lipinski definition) is 0. The minimum Gasteiger partial charge on any atom is -0.491 e. The minimum absolute atomic E-state index is 0.0700. The minimum atomic E-state index is -4.02. The summed E-state index contributed by atoms with van der Waals surface area (Å²) in [6.07, 6.45) is 2.37. The van der Waals surface area contributed by atoms with E-state index in [1.807, 2.05) is 107 Å². The van der Waals surface area contributed by atoms with Crippen molar-refractivity contribution in [2.75, 3.05) is 105 Å². The highest BCUT2D eigenvalue weighted by molar-refractivity contribution is 7.89. The molecule has 73 heavy (non-hydrogen) atoms. The summed E-state index contributed by atoms with van der Waals surface area (Å²) in [6, 6.07) is 31.3. The molecule has 390 valence electrons. The number of carbonyl (C=O) groups is 1. The Labute approximate surface area is 432 Å². The maximum atomic E-state index is 14.8. The van der Waals surface area contributed by atoms with Crippen molar-refractivity contribution < 1.29 is 51.1 Å². The monoisotopic (exact) mass is 1020 g/mol. The molecular weight excluding hydrogens is 945 g/mol. The molecule has 0 atom stereocenters. The molecule has 0 fully saturated rings. The lowest BCUT2D eigenvalue weighted by atomic mass is 9.89. The number of anilines is 1. The fourth-order valence-corrected chi connectivity index (χ4v) is 10.8. The standard InChI is InChI=1S/C59H72N2O11S/c1-8-65-24-28-69-56-44-16-12-18-46(56)38-50-34-43(41-62)35-51(59(50)72-31-27-68-11-4)39-47-19-13-17-45(57(47)70-29-25-66-9-2)37-49-33-42(32-48(36-44)58(49)71-30-26-67-10-3)40-61(7)73(63,64)55-23-15-20-52-53(55)21-14-22-54(52)60(5)6/h12-23,32-35,41H,8-11,24-31,36-40H2,1-7H3. The number of rotatable bonds is 26. The van der Waals surface area contributed by atoms with Gasteiger partial charge >= 0.3 is 0 Å². The molecule has 7 rings (SSSR count). The van der Waals surface area contributed by atoms with Gasteiger partial charge in [0, 0.05) is 102 Å². The highest BCUT2D eigenvalue weighted by atomic mass is 32.2. The Balaban J connectivity index is 1.44. The Morgan fingerprint density at radius 3 is 1.23 bits per heavy atom. The lowest BCUT2D eigenvalue weighted by Crippen LogP contribution is -2.27. The Bertz CT molecular complexity index is 2790. The van der Waals surface area contributed by atoms with E-state index in [9.17, 15) is 13.2 Å². The number of sulfonamides is 1. The average Bonchev–Trinajstić information content (AvgIpc) is 3.38. The van der Waals surface area contributed by atoms with E-state index in [4.69, 9.17) is 37.9 Å². The second-order valence-corrected chi connectivity index (χ2v) is 20.0. The van der Waals surface area contributed by atoms with E-state index in [1.165, 1.54) is 4.31 Å². The Kier molecular flexibility index (Phi) is 20.1. The maximum Gasteiger partial charge on any atom is 0.243 e. The van der Waals surface area contributed by atoms with Crippen LogP contribution in [0, 0.1) is 0 Å². The normalized spacial score (nSPS) is 12.5. The predicted octanol–water partition coefficient (Wildman–Crippen LogP) is 9.88. The second kappa shape index (κ2) is 26.8. The molecule has 0 saturated carbocycles. The largest absolute Gasteiger partial charge is 0.491 e. The van der Waals surface area contributed by atoms with Crippen LogP contribution in [0.5, 0.6) is 23.0 Å². The van der Waals surface area contributed by atoms with Crippen LogP contribution in [0.25, 0.3) is 10.8 Å². The summed E-state index contributed by atoms with van der Waals surface area (Å²) in [5.74, 6) is 2.72. The first-order chi connectivity index (χ1) is 35.5. The number of para-hydroxylation sites is 2. The third-order valence-electron chi connectivity index (χ3n) is 12.7. The van der Waals surface area contributed by atoms with E-state index >= 15 is 0 Å². The maximum absolute atomic E-state index is 14.8. The van der Waals surface area contributed by atoms with Crippen LogP contribution in [-0.2, 0) is 61.2 Å². The van der Waals surface area contributed by atoms with Crippen LogP contribution in [-0.4, -0.2) is 119 Å². The van der Waals surface area contributed by atoms with Gasteiger partial charge in [0.1, 0.15) is 55.7 Å². The van der Waals surface area contributed by atoms with Crippen molar-refractivity contribution in [3.63, 3.8) is 0 Å². The fourth-order valence-electron chi connectivity index (χ4n) is 9.47. The molecule has 8 bridgehead atoms. The molecule has 0 heterocycles. The van der Waals surface area contributed by atoms with Crippen molar-refractivity contribution in [1.82, 2.24) is 4.31 Å². The highest BCUT2D eigenvalue weighted by Crippen LogP contribution is 2.41. The molecule has 0 unspecified atom stereocenters. The van der Waals surface area contributed by atoms with Gasteiger partial charge in [0.15, 0.2) is 0 Å². The summed E-state index contributed by atoms with van der Waals surface area (Å²) >= 11 is 0. The van der Waals surface area contributed by atoms with E-state index in [1.54, 1.807) is 19.2 Å². The van der Waals surface area contributed by atoms with Crippen LogP contribution in [0.15, 0.2) is 102 Å². The predicted molar refractivity (Wildman–Crippen MR) is 287 cm³/mol. The molecule has 0 saturated heterocycles. The zero-order valence-corrected chi connectivity index (χ0v) is 44.4. The van der Waals surface area contributed by atoms with Gasteiger partial charge in [-0.2, -0.15) is 4.31 Å².